The van der Waals surface area contributed by atoms with Gasteiger partial charge in [0.05, 0.1) is 12.2 Å². The molecule has 0 saturated carbocycles. The summed E-state index contributed by atoms with van der Waals surface area (Å²) in [5, 5.41) is 0. The zero-order chi connectivity index (χ0) is 6.91. The molecule has 2 nitrogen and oxygen atoms in total. The van der Waals surface area contributed by atoms with Crippen LogP contribution in [0.5, 0.6) is 0 Å². The smallest absolute Gasteiger partial charge is 0.147 e. The Morgan fingerprint density at radius 2 is 2.11 bits per heavy atom. The molecule has 1 saturated heterocycles. The third kappa shape index (κ3) is 1.25. The normalized spacial score (nSPS) is 36.0. The van der Waals surface area contributed by atoms with Gasteiger partial charge in [-0.05, 0) is 12.8 Å². The first-order valence-electron chi connectivity index (χ1n) is 3.37. The molecule has 2 heteroatoms. The molecule has 1 aliphatic rings. The molecule has 9 heavy (non-hydrogen) atoms. The first kappa shape index (κ1) is 7.03. The Hall–Kier alpha value is -0.0800. The fraction of sp³-hybridized carbons (Fsp3) is 1.00. The van der Waals surface area contributed by atoms with Crippen LogP contribution >= 0.6 is 0 Å². The molecule has 0 aliphatic carbocycles. The number of rotatable bonds is 1. The van der Waals surface area contributed by atoms with E-state index in [-0.39, 0.29) is 5.60 Å². The van der Waals surface area contributed by atoms with Gasteiger partial charge in [0.15, 0.2) is 0 Å². The average Bonchev–Trinajstić information content (AvgIpc) is 2.16. The lowest BCUT2D eigenvalue weighted by Gasteiger charge is -2.25. The molecule has 0 aromatic heterocycles. The van der Waals surface area contributed by atoms with Crippen LogP contribution in [0.1, 0.15) is 20.8 Å². The number of hydrogen-bond acceptors (Lipinski definition) is 2. The van der Waals surface area contributed by atoms with Gasteiger partial charge < -0.3 is 9.47 Å². The highest BCUT2D eigenvalue weighted by atomic mass is 16.7. The van der Waals surface area contributed by atoms with Gasteiger partial charge in [0, 0.05) is 0 Å². The molecule has 0 aromatic rings. The van der Waals surface area contributed by atoms with Crippen LogP contribution in [0.4, 0.5) is 0 Å². The van der Waals surface area contributed by atoms with Crippen molar-refractivity contribution in [1.29, 1.82) is 0 Å². The molecule has 1 rings (SSSR count). The average molecular weight is 130 g/mol. The van der Waals surface area contributed by atoms with Gasteiger partial charge in [-0.1, -0.05) is 13.8 Å². The van der Waals surface area contributed by atoms with E-state index in [1.54, 1.807) is 0 Å². The first-order valence-corrected chi connectivity index (χ1v) is 3.37. The Morgan fingerprint density at radius 1 is 1.44 bits per heavy atom. The van der Waals surface area contributed by atoms with Crippen LogP contribution in [0.25, 0.3) is 0 Å². The van der Waals surface area contributed by atoms with Crippen molar-refractivity contribution < 1.29 is 9.47 Å². The molecule has 1 unspecified atom stereocenters. The number of ether oxygens (including phenoxy) is 2. The van der Waals surface area contributed by atoms with E-state index < -0.39 is 0 Å². The Labute approximate surface area is 56.2 Å². The molecule has 0 aromatic carbocycles. The van der Waals surface area contributed by atoms with E-state index >= 15 is 0 Å². The predicted octanol–water partition coefficient (Wildman–Crippen LogP) is 1.41. The van der Waals surface area contributed by atoms with Crippen LogP contribution in [-0.2, 0) is 9.47 Å². The van der Waals surface area contributed by atoms with Crippen LogP contribution in [0.15, 0.2) is 0 Å². The molecule has 0 radical (unpaired) electrons. The van der Waals surface area contributed by atoms with E-state index in [1.165, 1.54) is 0 Å². The predicted molar refractivity (Wildman–Crippen MR) is 35.1 cm³/mol. The lowest BCUT2D eigenvalue weighted by molar-refractivity contribution is -0.0238. The highest BCUT2D eigenvalue weighted by Gasteiger charge is 2.33. The van der Waals surface area contributed by atoms with Crippen LogP contribution in [0.2, 0.25) is 0 Å². The maximum atomic E-state index is 5.38. The van der Waals surface area contributed by atoms with Gasteiger partial charge in [-0.15, -0.1) is 0 Å². The highest BCUT2D eigenvalue weighted by molar-refractivity contribution is 4.80. The zero-order valence-corrected chi connectivity index (χ0v) is 6.31. The Morgan fingerprint density at radius 3 is 2.33 bits per heavy atom. The Balaban J connectivity index is 2.51. The third-order valence-corrected chi connectivity index (χ3v) is 2.08. The lowest BCUT2D eigenvalue weighted by Crippen LogP contribution is -2.33. The van der Waals surface area contributed by atoms with Gasteiger partial charge in [-0.2, -0.15) is 0 Å². The summed E-state index contributed by atoms with van der Waals surface area (Å²) in [6.07, 6.45) is 0. The van der Waals surface area contributed by atoms with E-state index in [2.05, 4.69) is 20.8 Å². The van der Waals surface area contributed by atoms with Gasteiger partial charge >= 0.3 is 0 Å². The fourth-order valence-corrected chi connectivity index (χ4v) is 0.796. The van der Waals surface area contributed by atoms with Gasteiger partial charge in [0.2, 0.25) is 0 Å². The van der Waals surface area contributed by atoms with Crippen molar-refractivity contribution in [2.45, 2.75) is 26.4 Å². The van der Waals surface area contributed by atoms with Gasteiger partial charge in [0.25, 0.3) is 0 Å². The lowest BCUT2D eigenvalue weighted by atomic mass is 9.94. The second-order valence-electron chi connectivity index (χ2n) is 3.08. The summed E-state index contributed by atoms with van der Waals surface area (Å²) >= 11 is 0. The van der Waals surface area contributed by atoms with Crippen molar-refractivity contribution >= 4 is 0 Å². The fourth-order valence-electron chi connectivity index (χ4n) is 0.796. The largest absolute Gasteiger partial charge is 0.352 e. The highest BCUT2D eigenvalue weighted by Crippen LogP contribution is 2.25. The summed E-state index contributed by atoms with van der Waals surface area (Å²) in [4.78, 5) is 0. The molecular formula is C7H14O2. The summed E-state index contributed by atoms with van der Waals surface area (Å²) in [5.41, 5.74) is -0.0278. The molecule has 1 heterocycles. The molecule has 1 aliphatic heterocycles. The van der Waals surface area contributed by atoms with Gasteiger partial charge in [-0.3, -0.25) is 0 Å². The van der Waals surface area contributed by atoms with Crippen LogP contribution in [0.3, 0.4) is 0 Å². The van der Waals surface area contributed by atoms with Crippen LogP contribution in [-0.4, -0.2) is 19.0 Å². The van der Waals surface area contributed by atoms with Crippen LogP contribution < -0.4 is 0 Å². The van der Waals surface area contributed by atoms with Crippen LogP contribution in [0, 0.1) is 5.92 Å². The monoisotopic (exact) mass is 130 g/mol. The summed E-state index contributed by atoms with van der Waals surface area (Å²) in [7, 11) is 0. The minimum absolute atomic E-state index is 0.0278. The molecule has 0 N–H and O–H groups in total. The van der Waals surface area contributed by atoms with Crippen molar-refractivity contribution in [2.24, 2.45) is 5.92 Å². The van der Waals surface area contributed by atoms with E-state index in [0.29, 0.717) is 12.7 Å². The Kier molecular flexibility index (Phi) is 1.78. The minimum Gasteiger partial charge on any atom is -0.352 e. The first-order chi connectivity index (χ1) is 4.15. The second kappa shape index (κ2) is 2.27. The number of hydrogen-bond donors (Lipinski definition) is 0. The summed E-state index contributed by atoms with van der Waals surface area (Å²) < 4.78 is 10.5. The van der Waals surface area contributed by atoms with Crippen molar-refractivity contribution in [3.63, 3.8) is 0 Å². The summed E-state index contributed by atoms with van der Waals surface area (Å²) in [6, 6.07) is 0. The van der Waals surface area contributed by atoms with Gasteiger partial charge in [0.1, 0.15) is 6.79 Å². The van der Waals surface area contributed by atoms with Crippen molar-refractivity contribution in [1.82, 2.24) is 0 Å². The SMILES string of the molecule is CC(C)C1(C)COCO1. The van der Waals surface area contributed by atoms with E-state index in [9.17, 15) is 0 Å². The third-order valence-electron chi connectivity index (χ3n) is 2.08. The van der Waals surface area contributed by atoms with Crippen molar-refractivity contribution in [3.05, 3.63) is 0 Å². The molecule has 0 amide bonds. The second-order valence-corrected chi connectivity index (χ2v) is 3.08. The van der Waals surface area contributed by atoms with Crippen molar-refractivity contribution in [3.8, 4) is 0 Å². The summed E-state index contributed by atoms with van der Waals surface area (Å²) in [6.45, 7) is 7.59. The quantitative estimate of drug-likeness (QED) is 0.534. The topological polar surface area (TPSA) is 18.5 Å². The maximum absolute atomic E-state index is 5.38. The minimum atomic E-state index is -0.0278. The molecule has 1 fully saturated rings. The van der Waals surface area contributed by atoms with E-state index in [0.717, 1.165) is 6.61 Å². The molecular weight excluding hydrogens is 116 g/mol. The van der Waals surface area contributed by atoms with E-state index in [1.807, 2.05) is 0 Å². The molecule has 1 atom stereocenters. The maximum Gasteiger partial charge on any atom is 0.147 e. The van der Waals surface area contributed by atoms with Gasteiger partial charge in [-0.25, -0.2) is 0 Å². The summed E-state index contributed by atoms with van der Waals surface area (Å²) in [5.74, 6) is 0.542. The molecule has 0 spiro atoms. The standard InChI is InChI=1S/C7H14O2/c1-6(2)7(3)4-8-5-9-7/h6H,4-5H2,1-3H3. The van der Waals surface area contributed by atoms with E-state index in [4.69, 9.17) is 9.47 Å². The Bertz CT molecular complexity index is 93.1. The zero-order valence-electron chi connectivity index (χ0n) is 6.31. The molecule has 54 valence electrons. The van der Waals surface area contributed by atoms with Crippen molar-refractivity contribution in [2.75, 3.05) is 13.4 Å². The molecule has 0 bridgehead atoms.